The van der Waals surface area contributed by atoms with Gasteiger partial charge in [-0.2, -0.15) is 0 Å². The number of methoxy groups -OCH3 is 1. The molecule has 1 aliphatic rings. The summed E-state index contributed by atoms with van der Waals surface area (Å²) in [6, 6.07) is 8.01. The molecule has 1 atom stereocenters. The van der Waals surface area contributed by atoms with Crippen LogP contribution in [0.2, 0.25) is 0 Å². The van der Waals surface area contributed by atoms with Gasteiger partial charge in [-0.1, -0.05) is 25.1 Å². The normalized spacial score (nSPS) is 14.8. The minimum Gasteiger partial charge on any atom is -0.469 e. The van der Waals surface area contributed by atoms with Crippen LogP contribution in [-0.4, -0.2) is 36.5 Å². The van der Waals surface area contributed by atoms with Crippen molar-refractivity contribution in [2.75, 3.05) is 24.3 Å². The molecule has 1 heterocycles. The number of thioether (sulfide) groups is 1. The molecule has 0 fully saturated rings. The summed E-state index contributed by atoms with van der Waals surface area (Å²) in [6.45, 7) is 2.69. The van der Waals surface area contributed by atoms with Gasteiger partial charge in [0, 0.05) is 17.5 Å². The first kappa shape index (κ1) is 14.9. The Morgan fingerprint density at radius 3 is 2.90 bits per heavy atom. The molecule has 4 nitrogen and oxygen atoms in total. The number of nitrogens with zero attached hydrogens (tertiary/aromatic N) is 1. The molecule has 0 aliphatic carbocycles. The molecule has 0 aromatic heterocycles. The van der Waals surface area contributed by atoms with Crippen molar-refractivity contribution in [1.82, 2.24) is 0 Å². The van der Waals surface area contributed by atoms with Crippen LogP contribution in [0.25, 0.3) is 0 Å². The van der Waals surface area contributed by atoms with Gasteiger partial charge in [0.05, 0.1) is 19.3 Å². The predicted molar refractivity (Wildman–Crippen MR) is 81.1 cm³/mol. The van der Waals surface area contributed by atoms with E-state index in [9.17, 15) is 9.59 Å². The number of para-hydroxylation sites is 1. The number of hydrogen-bond acceptors (Lipinski definition) is 4. The van der Waals surface area contributed by atoms with Gasteiger partial charge < -0.3 is 9.64 Å². The van der Waals surface area contributed by atoms with Crippen LogP contribution in [0.5, 0.6) is 0 Å². The summed E-state index contributed by atoms with van der Waals surface area (Å²) in [5, 5.41) is 0.0873. The van der Waals surface area contributed by atoms with Crippen molar-refractivity contribution in [3.8, 4) is 0 Å². The summed E-state index contributed by atoms with van der Waals surface area (Å²) >= 11 is 1.50. The van der Waals surface area contributed by atoms with Crippen LogP contribution >= 0.6 is 11.8 Å². The number of anilines is 1. The molecule has 20 heavy (non-hydrogen) atoms. The van der Waals surface area contributed by atoms with Gasteiger partial charge in [0.25, 0.3) is 0 Å². The van der Waals surface area contributed by atoms with Gasteiger partial charge in [-0.3, -0.25) is 9.59 Å². The quantitative estimate of drug-likeness (QED) is 0.781. The second-order valence-corrected chi connectivity index (χ2v) is 6.25. The maximum Gasteiger partial charge on any atom is 0.306 e. The fourth-order valence-corrected chi connectivity index (χ4v) is 3.10. The highest BCUT2D eigenvalue weighted by atomic mass is 32.2. The maximum atomic E-state index is 12.3. The lowest BCUT2D eigenvalue weighted by molar-refractivity contribution is -0.140. The number of ether oxygens (including phenoxy) is 1. The number of esters is 1. The predicted octanol–water partition coefficient (Wildman–Crippen LogP) is 2.26. The Morgan fingerprint density at radius 2 is 2.15 bits per heavy atom. The second kappa shape index (κ2) is 6.79. The number of carbonyl (C=O) groups excluding carboxylic acids is 2. The van der Waals surface area contributed by atoms with Crippen LogP contribution < -0.4 is 4.90 Å². The molecule has 5 heteroatoms. The van der Waals surface area contributed by atoms with E-state index < -0.39 is 0 Å². The summed E-state index contributed by atoms with van der Waals surface area (Å²) in [5.74, 6) is 0.271. The zero-order valence-corrected chi connectivity index (χ0v) is 12.6. The fraction of sp³-hybridized carbons (Fsp3) is 0.467. The molecule has 108 valence electrons. The number of amides is 1. The SMILES string of the molecule is COC(=O)CC(C)SCC(=O)N1CCc2ccccc21. The third kappa shape index (κ3) is 3.54. The van der Waals surface area contributed by atoms with E-state index in [2.05, 4.69) is 10.8 Å². The van der Waals surface area contributed by atoms with E-state index in [0.717, 1.165) is 18.7 Å². The number of carbonyl (C=O) groups is 2. The molecule has 0 saturated carbocycles. The molecule has 1 amide bonds. The number of hydrogen-bond donors (Lipinski definition) is 0. The van der Waals surface area contributed by atoms with E-state index >= 15 is 0 Å². The Balaban J connectivity index is 1.86. The molecule has 0 spiro atoms. The Labute approximate surface area is 123 Å². The van der Waals surface area contributed by atoms with Gasteiger partial charge in [0.15, 0.2) is 0 Å². The third-order valence-corrected chi connectivity index (χ3v) is 4.51. The average Bonchev–Trinajstić information content (AvgIpc) is 2.88. The van der Waals surface area contributed by atoms with Crippen molar-refractivity contribution in [2.45, 2.75) is 25.0 Å². The van der Waals surface area contributed by atoms with Crippen LogP contribution in [0, 0.1) is 0 Å². The fourth-order valence-electron chi connectivity index (χ4n) is 2.27. The van der Waals surface area contributed by atoms with E-state index in [-0.39, 0.29) is 17.1 Å². The highest BCUT2D eigenvalue weighted by Crippen LogP contribution is 2.28. The Bertz CT molecular complexity index is 504. The molecule has 2 rings (SSSR count). The molecule has 1 aliphatic heterocycles. The molecule has 1 aromatic carbocycles. The van der Waals surface area contributed by atoms with Gasteiger partial charge in [-0.25, -0.2) is 0 Å². The second-order valence-electron chi connectivity index (χ2n) is 4.83. The van der Waals surface area contributed by atoms with Gasteiger partial charge in [-0.15, -0.1) is 11.8 Å². The summed E-state index contributed by atoms with van der Waals surface area (Å²) < 4.78 is 4.63. The van der Waals surface area contributed by atoms with E-state index in [1.54, 1.807) is 0 Å². The summed E-state index contributed by atoms with van der Waals surface area (Å²) in [4.78, 5) is 25.3. The highest BCUT2D eigenvalue weighted by Gasteiger charge is 2.24. The summed E-state index contributed by atoms with van der Waals surface area (Å²) in [7, 11) is 1.38. The topological polar surface area (TPSA) is 46.6 Å². The first-order valence-corrected chi connectivity index (χ1v) is 7.73. The monoisotopic (exact) mass is 293 g/mol. The Morgan fingerprint density at radius 1 is 1.40 bits per heavy atom. The standard InChI is InChI=1S/C15H19NO3S/c1-11(9-15(18)19-2)20-10-14(17)16-8-7-12-5-3-4-6-13(12)16/h3-6,11H,7-10H2,1-2H3. The molecular weight excluding hydrogens is 274 g/mol. The number of fused-ring (bicyclic) bond motifs is 1. The first-order chi connectivity index (χ1) is 9.61. The van der Waals surface area contributed by atoms with Crippen molar-refractivity contribution in [3.63, 3.8) is 0 Å². The van der Waals surface area contributed by atoms with E-state index in [4.69, 9.17) is 0 Å². The van der Waals surface area contributed by atoms with Crippen molar-refractivity contribution < 1.29 is 14.3 Å². The largest absolute Gasteiger partial charge is 0.469 e. The van der Waals surface area contributed by atoms with Crippen LogP contribution in [-0.2, 0) is 20.7 Å². The van der Waals surface area contributed by atoms with Gasteiger partial charge in [-0.05, 0) is 18.1 Å². The lowest BCUT2D eigenvalue weighted by Gasteiger charge is -2.18. The average molecular weight is 293 g/mol. The molecule has 0 saturated heterocycles. The van der Waals surface area contributed by atoms with Gasteiger partial charge in [0.2, 0.25) is 5.91 Å². The van der Waals surface area contributed by atoms with Crippen molar-refractivity contribution in [1.29, 1.82) is 0 Å². The zero-order chi connectivity index (χ0) is 14.5. The van der Waals surface area contributed by atoms with E-state index in [0.29, 0.717) is 12.2 Å². The smallest absolute Gasteiger partial charge is 0.306 e. The van der Waals surface area contributed by atoms with Gasteiger partial charge >= 0.3 is 5.97 Å². The van der Waals surface area contributed by atoms with E-state index in [1.807, 2.05) is 30.0 Å². The van der Waals surface area contributed by atoms with Crippen molar-refractivity contribution in [3.05, 3.63) is 29.8 Å². The number of benzene rings is 1. The lowest BCUT2D eigenvalue weighted by atomic mass is 10.2. The first-order valence-electron chi connectivity index (χ1n) is 6.68. The molecule has 1 aromatic rings. The lowest BCUT2D eigenvalue weighted by Crippen LogP contribution is -2.31. The molecular formula is C15H19NO3S. The maximum absolute atomic E-state index is 12.3. The summed E-state index contributed by atoms with van der Waals surface area (Å²) in [5.41, 5.74) is 2.26. The minimum atomic E-state index is -0.232. The van der Waals surface area contributed by atoms with E-state index in [1.165, 1.54) is 24.4 Å². The molecule has 0 radical (unpaired) electrons. The summed E-state index contributed by atoms with van der Waals surface area (Å²) in [6.07, 6.45) is 1.26. The van der Waals surface area contributed by atoms with Crippen LogP contribution in [0.1, 0.15) is 18.9 Å². The molecule has 1 unspecified atom stereocenters. The van der Waals surface area contributed by atoms with Crippen molar-refractivity contribution in [2.24, 2.45) is 0 Å². The van der Waals surface area contributed by atoms with Crippen molar-refractivity contribution >= 4 is 29.3 Å². The van der Waals surface area contributed by atoms with Gasteiger partial charge in [0.1, 0.15) is 0 Å². The molecule has 0 bridgehead atoms. The number of rotatable bonds is 5. The van der Waals surface area contributed by atoms with Crippen LogP contribution in [0.4, 0.5) is 5.69 Å². The molecule has 0 N–H and O–H groups in total. The highest BCUT2D eigenvalue weighted by molar-refractivity contribution is 8.00. The third-order valence-electron chi connectivity index (χ3n) is 3.36. The Hall–Kier alpha value is -1.49. The Kier molecular flexibility index (Phi) is 5.06. The van der Waals surface area contributed by atoms with Crippen LogP contribution in [0.3, 0.4) is 0 Å². The zero-order valence-electron chi connectivity index (χ0n) is 11.8. The van der Waals surface area contributed by atoms with Crippen LogP contribution in [0.15, 0.2) is 24.3 Å². The minimum absolute atomic E-state index is 0.0873.